The average Bonchev–Trinajstić information content (AvgIpc) is 3.08. The van der Waals surface area contributed by atoms with Crippen molar-refractivity contribution in [1.29, 1.82) is 0 Å². The fourth-order valence-electron chi connectivity index (χ4n) is 2.71. The molecule has 0 saturated carbocycles. The van der Waals surface area contributed by atoms with Crippen LogP contribution in [-0.2, 0) is 11.2 Å². The zero-order valence-electron chi connectivity index (χ0n) is 16.0. The molecule has 1 aromatic carbocycles. The molecule has 5 nitrogen and oxygen atoms in total. The number of carbonyl (C=O) groups excluding carboxylic acids is 1. The zero-order chi connectivity index (χ0) is 18.9. The number of aryl methyl sites for hydroxylation is 1. The van der Waals surface area contributed by atoms with Gasteiger partial charge in [-0.05, 0) is 38.3 Å². The molecule has 0 aliphatic rings. The van der Waals surface area contributed by atoms with Crippen molar-refractivity contribution in [3.8, 4) is 11.3 Å². The molecule has 0 aliphatic heterocycles. The van der Waals surface area contributed by atoms with Crippen LogP contribution < -0.4 is 5.73 Å². The summed E-state index contributed by atoms with van der Waals surface area (Å²) < 4.78 is 18.6. The number of aromatic nitrogens is 1. The topological polar surface area (TPSA) is 72.4 Å². The van der Waals surface area contributed by atoms with Gasteiger partial charge in [0.15, 0.2) is 0 Å². The van der Waals surface area contributed by atoms with E-state index in [9.17, 15) is 9.18 Å². The van der Waals surface area contributed by atoms with Gasteiger partial charge >= 0.3 is 0 Å². The highest BCUT2D eigenvalue weighted by atomic mass is 35.5. The molecule has 2 N–H and O–H groups in total. The van der Waals surface area contributed by atoms with Gasteiger partial charge in [0.25, 0.3) is 0 Å². The van der Waals surface area contributed by atoms with Crippen molar-refractivity contribution in [1.82, 2.24) is 10.1 Å². The Labute approximate surface area is 166 Å². The van der Waals surface area contributed by atoms with E-state index in [-0.39, 0.29) is 30.2 Å². The fraction of sp³-hybridized carbons (Fsp3) is 0.500. The van der Waals surface area contributed by atoms with Gasteiger partial charge in [0, 0.05) is 44.1 Å². The van der Waals surface area contributed by atoms with E-state index in [1.165, 1.54) is 12.1 Å². The van der Waals surface area contributed by atoms with E-state index in [0.29, 0.717) is 17.7 Å². The van der Waals surface area contributed by atoms with Crippen LogP contribution in [0.3, 0.4) is 0 Å². The summed E-state index contributed by atoms with van der Waals surface area (Å²) in [5.74, 6) is 0.662. The van der Waals surface area contributed by atoms with E-state index < -0.39 is 0 Å². The summed E-state index contributed by atoms with van der Waals surface area (Å²) in [4.78, 5) is 13.7. The first-order valence-corrected chi connectivity index (χ1v) is 9.17. The summed E-state index contributed by atoms with van der Waals surface area (Å²) in [5, 5.41) is 4.01. The van der Waals surface area contributed by atoms with Crippen LogP contribution in [0.15, 0.2) is 34.9 Å². The van der Waals surface area contributed by atoms with Crippen LogP contribution >= 0.6 is 12.4 Å². The van der Waals surface area contributed by atoms with Crippen molar-refractivity contribution in [2.75, 3.05) is 13.6 Å². The van der Waals surface area contributed by atoms with Crippen molar-refractivity contribution in [2.24, 2.45) is 5.73 Å². The van der Waals surface area contributed by atoms with Crippen LogP contribution in [0.2, 0.25) is 0 Å². The Balaban J connectivity index is 0.00000364. The van der Waals surface area contributed by atoms with E-state index in [1.54, 1.807) is 11.0 Å². The Bertz CT molecular complexity index is 706. The van der Waals surface area contributed by atoms with Crippen LogP contribution in [0.5, 0.6) is 0 Å². The molecule has 0 saturated heterocycles. The van der Waals surface area contributed by atoms with Gasteiger partial charge in [-0.2, -0.15) is 0 Å². The number of nitrogens with two attached hydrogens (primary N) is 1. The molecule has 0 aliphatic carbocycles. The number of amides is 1. The molecule has 0 radical (unpaired) electrons. The molecule has 2 aromatic rings. The summed E-state index contributed by atoms with van der Waals surface area (Å²) in [5.41, 5.74) is 7.05. The Morgan fingerprint density at radius 3 is 2.78 bits per heavy atom. The molecule has 150 valence electrons. The first-order valence-electron chi connectivity index (χ1n) is 9.17. The van der Waals surface area contributed by atoms with Crippen molar-refractivity contribution < 1.29 is 13.7 Å². The maximum atomic E-state index is 13.3. The van der Waals surface area contributed by atoms with Gasteiger partial charge in [0.2, 0.25) is 5.91 Å². The second kappa shape index (κ2) is 11.7. The van der Waals surface area contributed by atoms with Crippen LogP contribution in [0.1, 0.15) is 44.8 Å². The molecule has 1 atom stereocenters. The number of hydrogen-bond acceptors (Lipinski definition) is 4. The summed E-state index contributed by atoms with van der Waals surface area (Å²) >= 11 is 0. The minimum absolute atomic E-state index is 0. The van der Waals surface area contributed by atoms with E-state index in [2.05, 4.69) is 5.16 Å². The predicted molar refractivity (Wildman–Crippen MR) is 107 cm³/mol. The largest absolute Gasteiger partial charge is 0.361 e. The van der Waals surface area contributed by atoms with Gasteiger partial charge in [0.1, 0.15) is 17.3 Å². The highest BCUT2D eigenvalue weighted by Gasteiger charge is 2.10. The fourth-order valence-corrected chi connectivity index (χ4v) is 2.71. The highest BCUT2D eigenvalue weighted by Crippen LogP contribution is 2.21. The smallest absolute Gasteiger partial charge is 0.222 e. The van der Waals surface area contributed by atoms with Crippen LogP contribution in [0, 0.1) is 5.82 Å². The zero-order valence-corrected chi connectivity index (χ0v) is 16.8. The SMILES string of the molecule is CC(N)CCC(=O)N(C)CCCCCc1cc(-c2cccc(F)c2)no1.Cl. The van der Waals surface area contributed by atoms with E-state index >= 15 is 0 Å². The monoisotopic (exact) mass is 397 g/mol. The maximum absolute atomic E-state index is 13.3. The number of halogens is 2. The summed E-state index contributed by atoms with van der Waals surface area (Å²) in [6.45, 7) is 2.67. The highest BCUT2D eigenvalue weighted by molar-refractivity contribution is 5.85. The lowest BCUT2D eigenvalue weighted by molar-refractivity contribution is -0.130. The minimum atomic E-state index is -0.286. The molecule has 1 amide bonds. The first-order chi connectivity index (χ1) is 12.5. The Kier molecular flexibility index (Phi) is 10.0. The third-order valence-corrected chi connectivity index (χ3v) is 4.34. The molecule has 0 spiro atoms. The van der Waals surface area contributed by atoms with Crippen LogP contribution in [-0.4, -0.2) is 35.6 Å². The quantitative estimate of drug-likeness (QED) is 0.610. The van der Waals surface area contributed by atoms with Gasteiger partial charge in [-0.3, -0.25) is 4.79 Å². The van der Waals surface area contributed by atoms with Gasteiger partial charge in [-0.15, -0.1) is 12.4 Å². The number of hydrogen-bond donors (Lipinski definition) is 1. The Morgan fingerprint density at radius 2 is 2.07 bits per heavy atom. The number of unbranched alkanes of at least 4 members (excludes halogenated alkanes) is 2. The predicted octanol–water partition coefficient (Wildman–Crippen LogP) is 4.20. The summed E-state index contributed by atoms with van der Waals surface area (Å²) in [6.07, 6.45) is 4.92. The maximum Gasteiger partial charge on any atom is 0.222 e. The molecular weight excluding hydrogens is 369 g/mol. The number of benzene rings is 1. The standard InChI is InChI=1S/C20H28FN3O2.ClH/c1-15(22)10-11-20(25)24(2)12-5-3-4-9-18-14-19(23-26-18)16-7-6-8-17(21)13-16;/h6-8,13-15H,3-5,9-12,22H2,1-2H3;1H. The summed E-state index contributed by atoms with van der Waals surface area (Å²) in [6, 6.07) is 8.24. The molecular formula is C20H29ClFN3O2. The molecule has 2 rings (SSSR count). The molecule has 1 unspecified atom stereocenters. The second-order valence-corrected chi connectivity index (χ2v) is 6.83. The van der Waals surface area contributed by atoms with E-state index in [0.717, 1.165) is 44.4 Å². The number of carbonyl (C=O) groups is 1. The number of nitrogens with zero attached hydrogens (tertiary/aromatic N) is 2. The average molecular weight is 398 g/mol. The second-order valence-electron chi connectivity index (χ2n) is 6.83. The number of rotatable bonds is 10. The lowest BCUT2D eigenvalue weighted by Crippen LogP contribution is -2.29. The molecule has 0 fully saturated rings. The van der Waals surface area contributed by atoms with Gasteiger partial charge < -0.3 is 15.2 Å². The third-order valence-electron chi connectivity index (χ3n) is 4.34. The van der Waals surface area contributed by atoms with E-state index in [4.69, 9.17) is 10.3 Å². The Morgan fingerprint density at radius 1 is 1.30 bits per heavy atom. The third kappa shape index (κ3) is 8.10. The summed E-state index contributed by atoms with van der Waals surface area (Å²) in [7, 11) is 1.84. The van der Waals surface area contributed by atoms with Gasteiger partial charge in [-0.1, -0.05) is 23.7 Å². The van der Waals surface area contributed by atoms with Crippen LogP contribution in [0.25, 0.3) is 11.3 Å². The molecule has 1 aromatic heterocycles. The van der Waals surface area contributed by atoms with Crippen LogP contribution in [0.4, 0.5) is 4.39 Å². The normalized spacial score (nSPS) is 11.7. The molecule has 1 heterocycles. The van der Waals surface area contributed by atoms with Crippen molar-refractivity contribution in [2.45, 2.75) is 51.5 Å². The lowest BCUT2D eigenvalue weighted by Gasteiger charge is -2.17. The molecule has 27 heavy (non-hydrogen) atoms. The van der Waals surface area contributed by atoms with Gasteiger partial charge in [0.05, 0.1) is 0 Å². The molecule has 0 bridgehead atoms. The van der Waals surface area contributed by atoms with E-state index in [1.807, 2.05) is 26.1 Å². The van der Waals surface area contributed by atoms with Crippen molar-refractivity contribution in [3.63, 3.8) is 0 Å². The first kappa shape index (κ1) is 23.1. The lowest BCUT2D eigenvalue weighted by atomic mass is 10.1. The van der Waals surface area contributed by atoms with Crippen molar-refractivity contribution >= 4 is 18.3 Å². The Hall–Kier alpha value is -1.92. The minimum Gasteiger partial charge on any atom is -0.361 e. The van der Waals surface area contributed by atoms with Crippen molar-refractivity contribution in [3.05, 3.63) is 41.9 Å². The van der Waals surface area contributed by atoms with Gasteiger partial charge in [-0.25, -0.2) is 4.39 Å². The molecule has 7 heteroatoms.